The van der Waals surface area contributed by atoms with Crippen LogP contribution in [0.15, 0.2) is 48.5 Å². The lowest BCUT2D eigenvalue weighted by Gasteiger charge is -2.11. The van der Waals surface area contributed by atoms with Gasteiger partial charge in [-0.05, 0) is 31.2 Å². The zero-order chi connectivity index (χ0) is 20.3. The Kier molecular flexibility index (Phi) is 5.25. The number of nitro benzene ring substituents is 1. The number of ether oxygens (including phenoxy) is 2. The molecule has 1 amide bonds. The van der Waals surface area contributed by atoms with Crippen LogP contribution in [0.1, 0.15) is 16.1 Å². The summed E-state index contributed by atoms with van der Waals surface area (Å²) in [6.45, 7) is 1.78. The highest BCUT2D eigenvalue weighted by atomic mass is 16.6. The minimum Gasteiger partial charge on any atom is -0.497 e. The Morgan fingerprint density at radius 2 is 1.68 bits per heavy atom. The van der Waals surface area contributed by atoms with E-state index in [1.807, 2.05) is 0 Å². The summed E-state index contributed by atoms with van der Waals surface area (Å²) < 4.78 is 11.9. The van der Waals surface area contributed by atoms with E-state index >= 15 is 0 Å². The zero-order valence-corrected chi connectivity index (χ0v) is 15.5. The van der Waals surface area contributed by atoms with Crippen molar-refractivity contribution >= 4 is 17.4 Å². The fourth-order valence-electron chi connectivity index (χ4n) is 2.63. The van der Waals surface area contributed by atoms with Crippen molar-refractivity contribution in [2.24, 2.45) is 0 Å². The van der Waals surface area contributed by atoms with E-state index in [9.17, 15) is 14.9 Å². The number of nitrogens with zero attached hydrogens (tertiary/aromatic N) is 3. The number of methoxy groups -OCH3 is 2. The van der Waals surface area contributed by atoms with Gasteiger partial charge in [0.25, 0.3) is 11.6 Å². The first-order chi connectivity index (χ1) is 13.4. The van der Waals surface area contributed by atoms with Crippen LogP contribution < -0.4 is 14.8 Å². The van der Waals surface area contributed by atoms with Gasteiger partial charge < -0.3 is 14.8 Å². The first kappa shape index (κ1) is 18.9. The summed E-state index contributed by atoms with van der Waals surface area (Å²) >= 11 is 0. The van der Waals surface area contributed by atoms with Crippen LogP contribution in [0.3, 0.4) is 0 Å². The first-order valence-corrected chi connectivity index (χ1v) is 8.27. The number of nitrogens with one attached hydrogen (secondary N) is 1. The van der Waals surface area contributed by atoms with Gasteiger partial charge in [0, 0.05) is 29.8 Å². The lowest BCUT2D eigenvalue weighted by atomic mass is 10.2. The van der Waals surface area contributed by atoms with E-state index < -0.39 is 4.92 Å². The van der Waals surface area contributed by atoms with Crippen molar-refractivity contribution < 1.29 is 19.2 Å². The van der Waals surface area contributed by atoms with Crippen molar-refractivity contribution in [2.45, 2.75) is 6.92 Å². The standard InChI is InChI=1S/C19H18N4O5/c1-12-8-18(22(21-12)14-4-6-15(7-5-14)23(25)26)20-19(24)13-9-16(27-2)11-17(10-13)28-3/h4-11H,1-3H3,(H,20,24). The van der Waals surface area contributed by atoms with Gasteiger partial charge in [-0.2, -0.15) is 5.10 Å². The van der Waals surface area contributed by atoms with Crippen molar-refractivity contribution in [2.75, 3.05) is 19.5 Å². The van der Waals surface area contributed by atoms with Crippen molar-refractivity contribution in [1.82, 2.24) is 9.78 Å². The molecule has 0 bridgehead atoms. The highest BCUT2D eigenvalue weighted by Crippen LogP contribution is 2.24. The van der Waals surface area contributed by atoms with E-state index in [0.717, 1.165) is 0 Å². The van der Waals surface area contributed by atoms with Crippen LogP contribution in [0.25, 0.3) is 5.69 Å². The lowest BCUT2D eigenvalue weighted by molar-refractivity contribution is -0.384. The smallest absolute Gasteiger partial charge is 0.269 e. The molecule has 1 aromatic heterocycles. The van der Waals surface area contributed by atoms with E-state index in [-0.39, 0.29) is 11.6 Å². The van der Waals surface area contributed by atoms with Crippen molar-refractivity contribution in [3.63, 3.8) is 0 Å². The van der Waals surface area contributed by atoms with Crippen molar-refractivity contribution in [1.29, 1.82) is 0 Å². The molecule has 0 aliphatic heterocycles. The number of carbonyl (C=O) groups excluding carboxylic acids is 1. The minimum absolute atomic E-state index is 0.0262. The van der Waals surface area contributed by atoms with Crippen LogP contribution in [0, 0.1) is 17.0 Å². The summed E-state index contributed by atoms with van der Waals surface area (Å²) in [5.74, 6) is 1.03. The quantitative estimate of drug-likeness (QED) is 0.517. The van der Waals surface area contributed by atoms with Gasteiger partial charge in [0.1, 0.15) is 17.3 Å². The number of benzene rings is 2. The second-order valence-electron chi connectivity index (χ2n) is 5.91. The third-order valence-corrected chi connectivity index (χ3v) is 3.99. The fourth-order valence-corrected chi connectivity index (χ4v) is 2.63. The Morgan fingerprint density at radius 1 is 1.07 bits per heavy atom. The first-order valence-electron chi connectivity index (χ1n) is 8.27. The van der Waals surface area contributed by atoms with Gasteiger partial charge in [-0.1, -0.05) is 0 Å². The largest absolute Gasteiger partial charge is 0.497 e. The maximum absolute atomic E-state index is 12.7. The van der Waals surface area contributed by atoms with Crippen LogP contribution in [0.5, 0.6) is 11.5 Å². The van der Waals surface area contributed by atoms with Gasteiger partial charge in [-0.25, -0.2) is 4.68 Å². The fraction of sp³-hybridized carbons (Fsp3) is 0.158. The summed E-state index contributed by atoms with van der Waals surface area (Å²) in [6, 6.07) is 12.5. The van der Waals surface area contributed by atoms with Crippen LogP contribution in [0.2, 0.25) is 0 Å². The third-order valence-electron chi connectivity index (χ3n) is 3.99. The number of non-ortho nitro benzene ring substituents is 1. The Labute approximate surface area is 160 Å². The molecular formula is C19H18N4O5. The molecule has 1 heterocycles. The molecule has 0 saturated carbocycles. The molecule has 3 aromatic rings. The predicted molar refractivity (Wildman–Crippen MR) is 102 cm³/mol. The van der Waals surface area contributed by atoms with Crippen LogP contribution in [-0.2, 0) is 0 Å². The number of amides is 1. The van der Waals surface area contributed by atoms with Crippen LogP contribution in [-0.4, -0.2) is 34.8 Å². The number of nitro groups is 1. The average Bonchev–Trinajstić information content (AvgIpc) is 3.07. The number of carbonyl (C=O) groups is 1. The monoisotopic (exact) mass is 382 g/mol. The highest BCUT2D eigenvalue weighted by molar-refractivity contribution is 6.04. The number of hydrogen-bond acceptors (Lipinski definition) is 6. The molecule has 0 unspecified atom stereocenters. The zero-order valence-electron chi connectivity index (χ0n) is 15.5. The molecular weight excluding hydrogens is 364 g/mol. The SMILES string of the molecule is COc1cc(OC)cc(C(=O)Nc2cc(C)nn2-c2ccc([N+](=O)[O-])cc2)c1. The third kappa shape index (κ3) is 3.93. The Balaban J connectivity index is 1.91. The number of aromatic nitrogens is 2. The van der Waals surface area contributed by atoms with E-state index in [1.165, 1.54) is 31.0 Å². The Hall–Kier alpha value is -3.88. The summed E-state index contributed by atoms with van der Waals surface area (Å²) in [5, 5.41) is 18.0. The van der Waals surface area contributed by atoms with Gasteiger partial charge in [-0.15, -0.1) is 0 Å². The molecule has 0 radical (unpaired) electrons. The van der Waals surface area contributed by atoms with Crippen LogP contribution >= 0.6 is 0 Å². The number of rotatable bonds is 6. The Bertz CT molecular complexity index is 1010. The molecule has 0 aliphatic rings. The van der Waals surface area contributed by atoms with Crippen molar-refractivity contribution in [3.05, 3.63) is 69.9 Å². The molecule has 0 aliphatic carbocycles. The van der Waals surface area contributed by atoms with Gasteiger partial charge in [0.2, 0.25) is 0 Å². The number of aryl methyl sites for hydroxylation is 1. The maximum Gasteiger partial charge on any atom is 0.269 e. The van der Waals surface area contributed by atoms with Gasteiger partial charge in [0.05, 0.1) is 30.5 Å². The van der Waals surface area contributed by atoms with Gasteiger partial charge in [-0.3, -0.25) is 14.9 Å². The second kappa shape index (κ2) is 7.78. The van der Waals surface area contributed by atoms with E-state index in [0.29, 0.717) is 34.3 Å². The average molecular weight is 382 g/mol. The van der Waals surface area contributed by atoms with E-state index in [4.69, 9.17) is 9.47 Å². The molecule has 28 heavy (non-hydrogen) atoms. The summed E-state index contributed by atoms with van der Waals surface area (Å²) in [6.07, 6.45) is 0. The normalized spacial score (nSPS) is 10.4. The molecule has 3 rings (SSSR count). The Morgan fingerprint density at radius 3 is 2.21 bits per heavy atom. The second-order valence-corrected chi connectivity index (χ2v) is 5.91. The molecule has 0 atom stereocenters. The lowest BCUT2D eigenvalue weighted by Crippen LogP contribution is -2.15. The molecule has 0 saturated heterocycles. The number of anilines is 1. The molecule has 2 aromatic carbocycles. The predicted octanol–water partition coefficient (Wildman–Crippen LogP) is 3.36. The summed E-state index contributed by atoms with van der Waals surface area (Å²) in [5.41, 5.74) is 1.58. The number of hydrogen-bond donors (Lipinski definition) is 1. The van der Waals surface area contributed by atoms with E-state index in [2.05, 4.69) is 10.4 Å². The summed E-state index contributed by atoms with van der Waals surface area (Å²) in [7, 11) is 3.01. The van der Waals surface area contributed by atoms with Gasteiger partial charge in [0.15, 0.2) is 0 Å². The molecule has 0 spiro atoms. The minimum atomic E-state index is -0.475. The molecule has 0 fully saturated rings. The maximum atomic E-state index is 12.7. The molecule has 144 valence electrons. The molecule has 9 heteroatoms. The summed E-state index contributed by atoms with van der Waals surface area (Å²) in [4.78, 5) is 23.1. The van der Waals surface area contributed by atoms with Crippen molar-refractivity contribution in [3.8, 4) is 17.2 Å². The molecule has 1 N–H and O–H groups in total. The highest BCUT2D eigenvalue weighted by Gasteiger charge is 2.15. The van der Waals surface area contributed by atoms with Gasteiger partial charge >= 0.3 is 0 Å². The van der Waals surface area contributed by atoms with Crippen LogP contribution in [0.4, 0.5) is 11.5 Å². The van der Waals surface area contributed by atoms with E-state index in [1.54, 1.807) is 43.3 Å². The molecule has 9 nitrogen and oxygen atoms in total. The topological polar surface area (TPSA) is 109 Å².